The van der Waals surface area contributed by atoms with Crippen molar-refractivity contribution in [3.05, 3.63) is 27.8 Å². The van der Waals surface area contributed by atoms with Gasteiger partial charge in [0.1, 0.15) is 0 Å². The average Bonchev–Trinajstić information content (AvgIpc) is 2.82. The summed E-state index contributed by atoms with van der Waals surface area (Å²) in [4.78, 5) is 1.27. The molecule has 2 aromatic rings. The Hall–Kier alpha value is -0.650. The molecule has 2 heterocycles. The first-order valence-corrected chi connectivity index (χ1v) is 6.79. The molecule has 2 aromatic heterocycles. The molecule has 0 unspecified atom stereocenters. The largest absolute Gasteiger partial charge is 0.319 e. The van der Waals surface area contributed by atoms with Crippen molar-refractivity contribution < 1.29 is 0 Å². The third kappa shape index (κ3) is 2.36. The number of thiophene rings is 1. The van der Waals surface area contributed by atoms with Crippen LogP contribution in [0.1, 0.15) is 5.69 Å². The van der Waals surface area contributed by atoms with Gasteiger partial charge in [0.05, 0.1) is 6.20 Å². The van der Waals surface area contributed by atoms with Crippen LogP contribution < -0.4 is 5.32 Å². The lowest BCUT2D eigenvalue weighted by Gasteiger charge is -2.04. The molecule has 0 fully saturated rings. The molecule has 0 aliphatic carbocycles. The van der Waals surface area contributed by atoms with Crippen molar-refractivity contribution in [3.63, 3.8) is 0 Å². The van der Waals surface area contributed by atoms with Gasteiger partial charge in [-0.1, -0.05) is 0 Å². The van der Waals surface area contributed by atoms with Crippen molar-refractivity contribution in [2.24, 2.45) is 7.05 Å². The maximum Gasteiger partial charge on any atom is 0.0579 e. The molecule has 1 N–H and O–H groups in total. The number of rotatable bonds is 4. The van der Waals surface area contributed by atoms with E-state index in [9.17, 15) is 0 Å². The van der Waals surface area contributed by atoms with Crippen molar-refractivity contribution in [3.8, 4) is 10.4 Å². The van der Waals surface area contributed by atoms with Crippen molar-refractivity contribution in [2.45, 2.75) is 6.42 Å². The molecule has 3 nitrogen and oxygen atoms in total. The van der Waals surface area contributed by atoms with Gasteiger partial charge in [0.15, 0.2) is 0 Å². The number of nitrogens with one attached hydrogen (secondary N) is 1. The maximum atomic E-state index is 4.34. The summed E-state index contributed by atoms with van der Waals surface area (Å²) in [5.41, 5.74) is 2.53. The fourth-order valence-corrected chi connectivity index (χ4v) is 3.12. The van der Waals surface area contributed by atoms with Gasteiger partial charge < -0.3 is 5.32 Å². The summed E-state index contributed by atoms with van der Waals surface area (Å²) >= 11 is 5.23. The van der Waals surface area contributed by atoms with Crippen molar-refractivity contribution >= 4 is 27.3 Å². The Morgan fingerprint density at radius 3 is 3.00 bits per heavy atom. The molecule has 2 rings (SSSR count). The molecule has 0 aliphatic heterocycles. The molecular weight excluding hydrogens is 286 g/mol. The van der Waals surface area contributed by atoms with Crippen LogP contribution >= 0.6 is 27.3 Å². The van der Waals surface area contributed by atoms with E-state index in [0.29, 0.717) is 0 Å². The zero-order chi connectivity index (χ0) is 11.5. The zero-order valence-corrected chi connectivity index (χ0v) is 11.7. The van der Waals surface area contributed by atoms with E-state index >= 15 is 0 Å². The molecule has 0 radical (unpaired) electrons. The average molecular weight is 300 g/mol. The van der Waals surface area contributed by atoms with Gasteiger partial charge in [-0.3, -0.25) is 4.68 Å². The second-order valence-corrected chi connectivity index (χ2v) is 5.44. The van der Waals surface area contributed by atoms with E-state index in [1.165, 1.54) is 16.1 Å². The number of aromatic nitrogens is 2. The molecule has 16 heavy (non-hydrogen) atoms. The molecule has 86 valence electrons. The van der Waals surface area contributed by atoms with Crippen LogP contribution in [-0.2, 0) is 13.5 Å². The van der Waals surface area contributed by atoms with Crippen molar-refractivity contribution in [1.82, 2.24) is 15.1 Å². The number of aryl methyl sites for hydroxylation is 1. The highest BCUT2D eigenvalue weighted by Crippen LogP contribution is 2.31. The smallest absolute Gasteiger partial charge is 0.0579 e. The van der Waals surface area contributed by atoms with Crippen LogP contribution in [0.2, 0.25) is 0 Å². The van der Waals surface area contributed by atoms with E-state index in [2.05, 4.69) is 37.8 Å². The molecule has 0 saturated heterocycles. The predicted molar refractivity (Wildman–Crippen MR) is 71.9 cm³/mol. The van der Waals surface area contributed by atoms with Crippen LogP contribution in [-0.4, -0.2) is 23.4 Å². The van der Waals surface area contributed by atoms with Crippen LogP contribution in [0.5, 0.6) is 0 Å². The fourth-order valence-electron chi connectivity index (χ4n) is 1.66. The summed E-state index contributed by atoms with van der Waals surface area (Å²) in [6.45, 7) is 0.971. The second kappa shape index (κ2) is 5.12. The van der Waals surface area contributed by atoms with Gasteiger partial charge >= 0.3 is 0 Å². The first-order chi connectivity index (χ1) is 7.72. The third-order valence-corrected chi connectivity index (χ3v) is 4.23. The SMILES string of the molecule is CNCCc1c(-c2cc(Br)cs2)cnn1C. The van der Waals surface area contributed by atoms with Gasteiger partial charge in [0, 0.05) is 46.0 Å². The van der Waals surface area contributed by atoms with Crippen molar-refractivity contribution in [2.75, 3.05) is 13.6 Å². The number of likely N-dealkylation sites (N-methyl/N-ethyl adjacent to an activating group) is 1. The van der Waals surface area contributed by atoms with Crippen LogP contribution in [0, 0.1) is 0 Å². The lowest BCUT2D eigenvalue weighted by molar-refractivity contribution is 0.682. The lowest BCUT2D eigenvalue weighted by Crippen LogP contribution is -2.13. The highest BCUT2D eigenvalue weighted by atomic mass is 79.9. The Labute approximate surface area is 108 Å². The normalized spacial score (nSPS) is 10.9. The molecule has 0 spiro atoms. The number of nitrogens with zero attached hydrogens (tertiary/aromatic N) is 2. The van der Waals surface area contributed by atoms with E-state index in [1.54, 1.807) is 11.3 Å². The first-order valence-electron chi connectivity index (χ1n) is 5.12. The number of hydrogen-bond donors (Lipinski definition) is 1. The van der Waals surface area contributed by atoms with Gasteiger partial charge in [0.2, 0.25) is 0 Å². The lowest BCUT2D eigenvalue weighted by atomic mass is 10.1. The molecule has 0 atom stereocenters. The fraction of sp³-hybridized carbons (Fsp3) is 0.364. The Bertz CT molecular complexity index is 475. The molecule has 5 heteroatoms. The third-order valence-electron chi connectivity index (χ3n) is 2.51. The van der Waals surface area contributed by atoms with Gasteiger partial charge in [0.25, 0.3) is 0 Å². The summed E-state index contributed by atoms with van der Waals surface area (Å²) in [5, 5.41) is 9.61. The van der Waals surface area contributed by atoms with E-state index in [0.717, 1.165) is 17.4 Å². The van der Waals surface area contributed by atoms with Crippen molar-refractivity contribution in [1.29, 1.82) is 0 Å². The molecule has 0 bridgehead atoms. The van der Waals surface area contributed by atoms with Gasteiger partial charge in [-0.15, -0.1) is 11.3 Å². The Balaban J connectivity index is 2.33. The molecular formula is C11H14BrN3S. The molecule has 0 amide bonds. The summed E-state index contributed by atoms with van der Waals surface area (Å²) in [6, 6.07) is 2.14. The van der Waals surface area contributed by atoms with Gasteiger partial charge in [-0.25, -0.2) is 0 Å². The Kier molecular flexibility index (Phi) is 3.78. The van der Waals surface area contributed by atoms with E-state index in [1.807, 2.05) is 25.0 Å². The molecule has 0 aromatic carbocycles. The first kappa shape index (κ1) is 11.8. The maximum absolute atomic E-state index is 4.34. The summed E-state index contributed by atoms with van der Waals surface area (Å²) in [7, 11) is 3.97. The van der Waals surface area contributed by atoms with Crippen LogP contribution in [0.15, 0.2) is 22.1 Å². The minimum atomic E-state index is 0.971. The Morgan fingerprint density at radius 1 is 1.56 bits per heavy atom. The summed E-state index contributed by atoms with van der Waals surface area (Å²) in [5.74, 6) is 0. The monoisotopic (exact) mass is 299 g/mol. The zero-order valence-electron chi connectivity index (χ0n) is 9.33. The van der Waals surface area contributed by atoms with Gasteiger partial charge in [-0.2, -0.15) is 5.10 Å². The summed E-state index contributed by atoms with van der Waals surface area (Å²) in [6.07, 6.45) is 2.95. The quantitative estimate of drug-likeness (QED) is 0.941. The second-order valence-electron chi connectivity index (χ2n) is 3.61. The minimum Gasteiger partial charge on any atom is -0.319 e. The molecule has 0 aliphatic rings. The minimum absolute atomic E-state index is 0.971. The number of halogens is 1. The van der Waals surface area contributed by atoms with E-state index in [4.69, 9.17) is 0 Å². The highest BCUT2D eigenvalue weighted by Gasteiger charge is 2.11. The molecule has 0 saturated carbocycles. The predicted octanol–water partition coefficient (Wildman–Crippen LogP) is 2.67. The standard InChI is InChI=1S/C11H14BrN3S/c1-13-4-3-10-9(6-14-15(10)2)11-5-8(12)7-16-11/h5-7,13H,3-4H2,1-2H3. The highest BCUT2D eigenvalue weighted by molar-refractivity contribution is 9.10. The van der Waals surface area contributed by atoms with Gasteiger partial charge in [-0.05, 0) is 29.0 Å². The van der Waals surface area contributed by atoms with Crippen LogP contribution in [0.4, 0.5) is 0 Å². The topological polar surface area (TPSA) is 29.9 Å². The Morgan fingerprint density at radius 2 is 2.38 bits per heavy atom. The van der Waals surface area contributed by atoms with Crippen LogP contribution in [0.3, 0.4) is 0 Å². The summed E-state index contributed by atoms with van der Waals surface area (Å²) < 4.78 is 3.09. The van der Waals surface area contributed by atoms with E-state index < -0.39 is 0 Å². The number of hydrogen-bond acceptors (Lipinski definition) is 3. The van der Waals surface area contributed by atoms with Crippen LogP contribution in [0.25, 0.3) is 10.4 Å². The van der Waals surface area contributed by atoms with E-state index in [-0.39, 0.29) is 0 Å².